The number of anilines is 1. The Morgan fingerprint density at radius 2 is 2.12 bits per heavy atom. The van der Waals surface area contributed by atoms with Crippen LogP contribution < -0.4 is 5.32 Å². The Hall–Kier alpha value is -0.550. The molecule has 1 rings (SSSR count). The van der Waals surface area contributed by atoms with Gasteiger partial charge in [-0.3, -0.25) is 4.79 Å². The lowest BCUT2D eigenvalue weighted by Gasteiger charge is -2.17. The molecule has 5 heteroatoms. The highest BCUT2D eigenvalue weighted by Gasteiger charge is 2.14. The molecular formula is C12H15BrFNOS. The molecule has 1 N–H and O–H groups in total. The number of hydrogen-bond acceptors (Lipinski definition) is 2. The molecule has 0 atom stereocenters. The summed E-state index contributed by atoms with van der Waals surface area (Å²) in [5, 5.41) is 2.55. The van der Waals surface area contributed by atoms with Gasteiger partial charge in [0.05, 0.1) is 11.4 Å². The Labute approximate surface area is 113 Å². The molecule has 0 aliphatic rings. The number of carbonyl (C=O) groups is 1. The van der Waals surface area contributed by atoms with E-state index in [2.05, 4.69) is 21.2 Å². The van der Waals surface area contributed by atoms with Crippen molar-refractivity contribution in [2.24, 2.45) is 0 Å². The number of benzene rings is 1. The first kappa shape index (κ1) is 14.5. The van der Waals surface area contributed by atoms with Crippen LogP contribution in [0.25, 0.3) is 0 Å². The Morgan fingerprint density at radius 1 is 1.47 bits per heavy atom. The van der Waals surface area contributed by atoms with E-state index in [9.17, 15) is 9.18 Å². The molecule has 0 saturated carbocycles. The lowest BCUT2D eigenvalue weighted by molar-refractivity contribution is -0.113. The van der Waals surface area contributed by atoms with Gasteiger partial charge in [-0.05, 0) is 18.2 Å². The topological polar surface area (TPSA) is 29.1 Å². The minimum absolute atomic E-state index is 0.0234. The highest BCUT2D eigenvalue weighted by molar-refractivity contribution is 9.10. The fourth-order valence-corrected chi connectivity index (χ4v) is 2.03. The lowest BCUT2D eigenvalue weighted by Crippen LogP contribution is -2.19. The molecule has 2 nitrogen and oxygen atoms in total. The molecular weight excluding hydrogens is 305 g/mol. The van der Waals surface area contributed by atoms with Crippen molar-refractivity contribution in [2.75, 3.05) is 11.1 Å². The fourth-order valence-electron chi connectivity index (χ4n) is 1.06. The number of carbonyl (C=O) groups excluding carboxylic acids is 1. The van der Waals surface area contributed by atoms with E-state index in [0.29, 0.717) is 10.2 Å². The van der Waals surface area contributed by atoms with Gasteiger partial charge in [-0.1, -0.05) is 36.7 Å². The van der Waals surface area contributed by atoms with Gasteiger partial charge in [0.15, 0.2) is 0 Å². The predicted octanol–water partition coefficient (Wildman–Crippen LogP) is 4.06. The van der Waals surface area contributed by atoms with Gasteiger partial charge >= 0.3 is 0 Å². The van der Waals surface area contributed by atoms with Crippen molar-refractivity contribution in [1.29, 1.82) is 0 Å². The van der Waals surface area contributed by atoms with E-state index in [-0.39, 0.29) is 16.3 Å². The molecule has 1 amide bonds. The maximum atomic E-state index is 13.4. The van der Waals surface area contributed by atoms with Gasteiger partial charge in [-0.15, -0.1) is 11.8 Å². The molecule has 17 heavy (non-hydrogen) atoms. The van der Waals surface area contributed by atoms with E-state index in [1.807, 2.05) is 20.8 Å². The summed E-state index contributed by atoms with van der Waals surface area (Å²) in [5.74, 6) is -0.307. The third kappa shape index (κ3) is 5.55. The largest absolute Gasteiger partial charge is 0.323 e. The summed E-state index contributed by atoms with van der Waals surface area (Å²) in [6.07, 6.45) is 0. The van der Waals surface area contributed by atoms with E-state index >= 15 is 0 Å². The average Bonchev–Trinajstić information content (AvgIpc) is 2.18. The Kier molecular flexibility index (Phi) is 5.01. The molecule has 0 unspecified atom stereocenters. The minimum Gasteiger partial charge on any atom is -0.323 e. The van der Waals surface area contributed by atoms with Crippen molar-refractivity contribution in [3.8, 4) is 0 Å². The first-order valence-electron chi connectivity index (χ1n) is 5.17. The van der Waals surface area contributed by atoms with Gasteiger partial charge in [0.2, 0.25) is 5.91 Å². The van der Waals surface area contributed by atoms with E-state index in [1.165, 1.54) is 17.8 Å². The van der Waals surface area contributed by atoms with Crippen LogP contribution in [0.4, 0.5) is 10.1 Å². The minimum atomic E-state index is -0.437. The van der Waals surface area contributed by atoms with Crippen LogP contribution in [-0.4, -0.2) is 16.4 Å². The van der Waals surface area contributed by atoms with Crippen LogP contribution >= 0.6 is 27.7 Å². The van der Waals surface area contributed by atoms with Crippen molar-refractivity contribution >= 4 is 39.3 Å². The van der Waals surface area contributed by atoms with Crippen molar-refractivity contribution < 1.29 is 9.18 Å². The van der Waals surface area contributed by atoms with Gasteiger partial charge in [0, 0.05) is 9.22 Å². The van der Waals surface area contributed by atoms with Gasteiger partial charge in [0.25, 0.3) is 0 Å². The smallest absolute Gasteiger partial charge is 0.234 e. The van der Waals surface area contributed by atoms with Gasteiger partial charge < -0.3 is 5.32 Å². The highest BCUT2D eigenvalue weighted by atomic mass is 79.9. The van der Waals surface area contributed by atoms with E-state index in [0.717, 1.165) is 0 Å². The molecule has 0 fully saturated rings. The van der Waals surface area contributed by atoms with Gasteiger partial charge in [-0.2, -0.15) is 0 Å². The molecule has 0 aromatic heterocycles. The summed E-state index contributed by atoms with van der Waals surface area (Å²) < 4.78 is 14.1. The second-order valence-corrected chi connectivity index (χ2v) is 7.29. The second-order valence-electron chi connectivity index (χ2n) is 4.57. The summed E-state index contributed by atoms with van der Waals surface area (Å²) in [7, 11) is 0. The molecule has 0 saturated heterocycles. The van der Waals surface area contributed by atoms with Crippen LogP contribution in [0.15, 0.2) is 22.7 Å². The molecule has 1 aromatic rings. The highest BCUT2D eigenvalue weighted by Crippen LogP contribution is 2.24. The number of thioether (sulfide) groups is 1. The summed E-state index contributed by atoms with van der Waals surface area (Å²) in [4.78, 5) is 11.6. The zero-order valence-electron chi connectivity index (χ0n) is 10.0. The average molecular weight is 320 g/mol. The fraction of sp³-hybridized carbons (Fsp3) is 0.417. The molecule has 0 spiro atoms. The SMILES string of the molecule is CC(C)(C)SCC(=O)Nc1ccc(Br)cc1F. The Bertz CT molecular complexity index is 417. The zero-order valence-corrected chi connectivity index (χ0v) is 12.4. The van der Waals surface area contributed by atoms with Gasteiger partial charge in [0.1, 0.15) is 5.82 Å². The number of halogens is 2. The number of rotatable bonds is 3. The van der Waals surface area contributed by atoms with Crippen LogP contribution in [-0.2, 0) is 4.79 Å². The zero-order chi connectivity index (χ0) is 13.1. The van der Waals surface area contributed by atoms with Crippen molar-refractivity contribution in [2.45, 2.75) is 25.5 Å². The van der Waals surface area contributed by atoms with Crippen molar-refractivity contribution in [3.63, 3.8) is 0 Å². The molecule has 1 aromatic carbocycles. The van der Waals surface area contributed by atoms with Crippen LogP contribution in [0.1, 0.15) is 20.8 Å². The first-order valence-corrected chi connectivity index (χ1v) is 6.95. The van der Waals surface area contributed by atoms with Crippen molar-refractivity contribution in [3.05, 3.63) is 28.5 Å². The Morgan fingerprint density at radius 3 is 2.65 bits per heavy atom. The van der Waals surface area contributed by atoms with Crippen LogP contribution in [0.5, 0.6) is 0 Å². The quantitative estimate of drug-likeness (QED) is 0.910. The predicted molar refractivity (Wildman–Crippen MR) is 74.9 cm³/mol. The first-order chi connectivity index (χ1) is 7.78. The molecule has 0 aliphatic heterocycles. The van der Waals surface area contributed by atoms with Gasteiger partial charge in [-0.25, -0.2) is 4.39 Å². The van der Waals surface area contributed by atoms with Crippen LogP contribution in [0.3, 0.4) is 0 Å². The van der Waals surface area contributed by atoms with E-state index in [1.54, 1.807) is 12.1 Å². The molecule has 0 aliphatic carbocycles. The summed E-state index contributed by atoms with van der Waals surface area (Å²) in [6.45, 7) is 6.10. The van der Waals surface area contributed by atoms with Crippen molar-refractivity contribution in [1.82, 2.24) is 0 Å². The maximum absolute atomic E-state index is 13.4. The lowest BCUT2D eigenvalue weighted by atomic mass is 10.3. The second kappa shape index (κ2) is 5.87. The van der Waals surface area contributed by atoms with E-state index in [4.69, 9.17) is 0 Å². The molecule has 94 valence electrons. The summed E-state index contributed by atoms with van der Waals surface area (Å²) >= 11 is 4.69. The van der Waals surface area contributed by atoms with E-state index < -0.39 is 5.82 Å². The third-order valence-corrected chi connectivity index (χ3v) is 3.61. The number of amides is 1. The summed E-state index contributed by atoms with van der Waals surface area (Å²) in [5.41, 5.74) is 0.215. The molecule has 0 heterocycles. The summed E-state index contributed by atoms with van der Waals surface area (Å²) in [6, 6.07) is 4.56. The van der Waals surface area contributed by atoms with Crippen LogP contribution in [0.2, 0.25) is 0 Å². The standard InChI is InChI=1S/C12H15BrFNOS/c1-12(2,3)17-7-11(16)15-10-5-4-8(13)6-9(10)14/h4-6H,7H2,1-3H3,(H,15,16). The molecule has 0 radical (unpaired) electrons. The number of nitrogens with one attached hydrogen (secondary N) is 1. The normalized spacial score (nSPS) is 11.4. The van der Waals surface area contributed by atoms with Crippen LogP contribution in [0, 0.1) is 5.82 Å². The Balaban J connectivity index is 2.57. The molecule has 0 bridgehead atoms. The monoisotopic (exact) mass is 319 g/mol. The third-order valence-electron chi connectivity index (χ3n) is 1.84. The maximum Gasteiger partial charge on any atom is 0.234 e. The number of hydrogen-bond donors (Lipinski definition) is 1.